The van der Waals surface area contributed by atoms with Crippen LogP contribution in [0, 0.1) is 6.92 Å². The van der Waals surface area contributed by atoms with Gasteiger partial charge in [0.25, 0.3) is 10.0 Å². The molecule has 0 aromatic heterocycles. The van der Waals surface area contributed by atoms with E-state index in [1.54, 1.807) is 30.3 Å². The molecule has 1 N–H and O–H groups in total. The lowest BCUT2D eigenvalue weighted by molar-refractivity contribution is 0.122. The van der Waals surface area contributed by atoms with Gasteiger partial charge in [-0.3, -0.25) is 4.72 Å². The summed E-state index contributed by atoms with van der Waals surface area (Å²) in [5.74, 6) is 0. The fourth-order valence-electron chi connectivity index (χ4n) is 2.54. The minimum atomic E-state index is -3.58. The minimum Gasteiger partial charge on any atom is -0.378 e. The van der Waals surface area contributed by atoms with Gasteiger partial charge in [-0.2, -0.15) is 0 Å². The summed E-state index contributed by atoms with van der Waals surface area (Å²) < 4.78 is 33.1. The van der Waals surface area contributed by atoms with E-state index in [9.17, 15) is 8.42 Å². The monoisotopic (exact) mass is 332 g/mol. The first-order valence-corrected chi connectivity index (χ1v) is 9.06. The number of anilines is 2. The molecule has 122 valence electrons. The number of benzene rings is 2. The third kappa shape index (κ3) is 3.65. The topological polar surface area (TPSA) is 58.6 Å². The molecule has 23 heavy (non-hydrogen) atoms. The van der Waals surface area contributed by atoms with Crippen molar-refractivity contribution in [2.45, 2.75) is 11.8 Å². The Labute approximate surface area is 136 Å². The molecular formula is C17H20N2O3S. The predicted octanol–water partition coefficient (Wildman–Crippen LogP) is 2.63. The summed E-state index contributed by atoms with van der Waals surface area (Å²) >= 11 is 0. The number of hydrogen-bond acceptors (Lipinski definition) is 4. The highest BCUT2D eigenvalue weighted by Gasteiger charge is 2.17. The van der Waals surface area contributed by atoms with Crippen LogP contribution in [-0.2, 0) is 14.8 Å². The van der Waals surface area contributed by atoms with Gasteiger partial charge in [-0.15, -0.1) is 0 Å². The molecule has 1 aliphatic rings. The Hall–Kier alpha value is -2.05. The molecule has 0 aliphatic carbocycles. The van der Waals surface area contributed by atoms with Gasteiger partial charge in [0.05, 0.1) is 23.8 Å². The summed E-state index contributed by atoms with van der Waals surface area (Å²) in [7, 11) is -3.58. The molecule has 1 fully saturated rings. The van der Waals surface area contributed by atoms with Crippen molar-refractivity contribution in [1.82, 2.24) is 0 Å². The van der Waals surface area contributed by atoms with E-state index in [1.165, 1.54) is 0 Å². The third-order valence-corrected chi connectivity index (χ3v) is 5.28. The Bertz CT molecular complexity index is 770. The van der Waals surface area contributed by atoms with Gasteiger partial charge in [0.2, 0.25) is 0 Å². The Morgan fingerprint density at radius 3 is 2.43 bits per heavy atom. The number of rotatable bonds is 4. The molecule has 3 rings (SSSR count). The van der Waals surface area contributed by atoms with Crippen LogP contribution in [0.15, 0.2) is 53.4 Å². The van der Waals surface area contributed by atoms with Gasteiger partial charge in [-0.25, -0.2) is 8.42 Å². The smallest absolute Gasteiger partial charge is 0.261 e. The van der Waals surface area contributed by atoms with Crippen molar-refractivity contribution < 1.29 is 13.2 Å². The average Bonchev–Trinajstić information content (AvgIpc) is 2.58. The highest BCUT2D eigenvalue weighted by atomic mass is 32.2. The van der Waals surface area contributed by atoms with E-state index >= 15 is 0 Å². The number of nitrogens with zero attached hydrogens (tertiary/aromatic N) is 1. The van der Waals surface area contributed by atoms with Crippen molar-refractivity contribution in [3.63, 3.8) is 0 Å². The van der Waals surface area contributed by atoms with Crippen molar-refractivity contribution in [2.24, 2.45) is 0 Å². The zero-order valence-electron chi connectivity index (χ0n) is 13.0. The van der Waals surface area contributed by atoms with E-state index in [-0.39, 0.29) is 4.90 Å². The summed E-state index contributed by atoms with van der Waals surface area (Å²) in [6.45, 7) is 4.91. The van der Waals surface area contributed by atoms with E-state index in [4.69, 9.17) is 4.74 Å². The Balaban J connectivity index is 1.87. The van der Waals surface area contributed by atoms with Crippen LogP contribution in [0.2, 0.25) is 0 Å². The number of sulfonamides is 1. The molecule has 6 heteroatoms. The maximum atomic E-state index is 12.5. The number of hydrogen-bond donors (Lipinski definition) is 1. The first kappa shape index (κ1) is 15.8. The van der Waals surface area contributed by atoms with E-state index in [0.29, 0.717) is 18.9 Å². The van der Waals surface area contributed by atoms with E-state index in [0.717, 1.165) is 24.3 Å². The van der Waals surface area contributed by atoms with Crippen molar-refractivity contribution in [2.75, 3.05) is 35.9 Å². The summed E-state index contributed by atoms with van der Waals surface area (Å²) in [6, 6.07) is 14.2. The molecule has 1 saturated heterocycles. The standard InChI is InChI=1S/C17H20N2O3S/c1-14-7-8-15(19-9-11-22-12-10-19)13-17(14)18-23(20,21)16-5-3-2-4-6-16/h2-8,13,18H,9-12H2,1H3. The van der Waals surface area contributed by atoms with Crippen LogP contribution < -0.4 is 9.62 Å². The van der Waals surface area contributed by atoms with Crippen molar-refractivity contribution in [1.29, 1.82) is 0 Å². The quantitative estimate of drug-likeness (QED) is 0.935. The van der Waals surface area contributed by atoms with Gasteiger partial charge in [0.15, 0.2) is 0 Å². The average molecular weight is 332 g/mol. The van der Waals surface area contributed by atoms with Gasteiger partial charge in [-0.1, -0.05) is 24.3 Å². The molecule has 2 aromatic rings. The Morgan fingerprint density at radius 1 is 1.04 bits per heavy atom. The third-order valence-electron chi connectivity index (χ3n) is 3.90. The summed E-state index contributed by atoms with van der Waals surface area (Å²) in [4.78, 5) is 2.46. The lowest BCUT2D eigenvalue weighted by Gasteiger charge is -2.29. The first-order valence-electron chi connectivity index (χ1n) is 7.57. The fourth-order valence-corrected chi connectivity index (χ4v) is 3.68. The van der Waals surface area contributed by atoms with Crippen LogP contribution in [-0.4, -0.2) is 34.7 Å². The van der Waals surface area contributed by atoms with Gasteiger partial charge >= 0.3 is 0 Å². The van der Waals surface area contributed by atoms with E-state index in [1.807, 2.05) is 25.1 Å². The Kier molecular flexibility index (Phi) is 4.54. The lowest BCUT2D eigenvalue weighted by atomic mass is 10.1. The summed E-state index contributed by atoms with van der Waals surface area (Å²) in [6.07, 6.45) is 0. The molecule has 0 saturated carbocycles. The molecule has 0 atom stereocenters. The molecular weight excluding hydrogens is 312 g/mol. The molecule has 0 bridgehead atoms. The maximum Gasteiger partial charge on any atom is 0.261 e. The fraction of sp³-hybridized carbons (Fsp3) is 0.294. The number of aryl methyl sites for hydroxylation is 1. The van der Waals surface area contributed by atoms with Gasteiger partial charge in [0.1, 0.15) is 0 Å². The van der Waals surface area contributed by atoms with Crippen LogP contribution in [0.5, 0.6) is 0 Å². The van der Waals surface area contributed by atoms with Crippen LogP contribution in [0.4, 0.5) is 11.4 Å². The second-order valence-electron chi connectivity index (χ2n) is 5.52. The predicted molar refractivity (Wildman–Crippen MR) is 91.5 cm³/mol. The molecule has 0 spiro atoms. The normalized spacial score (nSPS) is 15.4. The molecule has 0 radical (unpaired) electrons. The summed E-state index contributed by atoms with van der Waals surface area (Å²) in [5, 5.41) is 0. The largest absolute Gasteiger partial charge is 0.378 e. The van der Waals surface area contributed by atoms with Crippen LogP contribution in [0.3, 0.4) is 0 Å². The lowest BCUT2D eigenvalue weighted by Crippen LogP contribution is -2.36. The SMILES string of the molecule is Cc1ccc(N2CCOCC2)cc1NS(=O)(=O)c1ccccc1. The van der Waals surface area contributed by atoms with Crippen molar-refractivity contribution in [3.05, 3.63) is 54.1 Å². The number of nitrogens with one attached hydrogen (secondary N) is 1. The van der Waals surface area contributed by atoms with Gasteiger partial charge in [0, 0.05) is 18.8 Å². The number of morpholine rings is 1. The molecule has 0 unspecified atom stereocenters. The molecule has 5 nitrogen and oxygen atoms in total. The minimum absolute atomic E-state index is 0.260. The van der Waals surface area contributed by atoms with Gasteiger partial charge in [-0.05, 0) is 36.8 Å². The summed E-state index contributed by atoms with van der Waals surface area (Å²) in [5.41, 5.74) is 2.50. The maximum absolute atomic E-state index is 12.5. The first-order chi connectivity index (χ1) is 11.1. The molecule has 2 aromatic carbocycles. The molecule has 1 heterocycles. The van der Waals surface area contributed by atoms with Crippen LogP contribution >= 0.6 is 0 Å². The second-order valence-corrected chi connectivity index (χ2v) is 7.20. The van der Waals surface area contributed by atoms with Gasteiger partial charge < -0.3 is 9.64 Å². The zero-order chi connectivity index (χ0) is 16.3. The zero-order valence-corrected chi connectivity index (χ0v) is 13.8. The second kappa shape index (κ2) is 6.60. The van der Waals surface area contributed by atoms with E-state index < -0.39 is 10.0 Å². The van der Waals surface area contributed by atoms with Crippen LogP contribution in [0.1, 0.15) is 5.56 Å². The van der Waals surface area contributed by atoms with E-state index in [2.05, 4.69) is 9.62 Å². The molecule has 1 aliphatic heterocycles. The highest BCUT2D eigenvalue weighted by molar-refractivity contribution is 7.92. The Morgan fingerprint density at radius 2 is 1.74 bits per heavy atom. The van der Waals surface area contributed by atoms with Crippen molar-refractivity contribution in [3.8, 4) is 0 Å². The van der Waals surface area contributed by atoms with Crippen molar-refractivity contribution >= 4 is 21.4 Å². The number of ether oxygens (including phenoxy) is 1. The van der Waals surface area contributed by atoms with Crippen LogP contribution in [0.25, 0.3) is 0 Å². The molecule has 0 amide bonds. The highest BCUT2D eigenvalue weighted by Crippen LogP contribution is 2.26.